The van der Waals surface area contributed by atoms with Crippen LogP contribution in [0.15, 0.2) is 18.3 Å². The largest absolute Gasteiger partial charge is 0.382 e. The predicted molar refractivity (Wildman–Crippen MR) is 72.6 cm³/mol. The van der Waals surface area contributed by atoms with Gasteiger partial charge in [0.15, 0.2) is 0 Å². The number of piperazine rings is 1. The van der Waals surface area contributed by atoms with Crippen molar-refractivity contribution in [3.63, 3.8) is 0 Å². The van der Waals surface area contributed by atoms with Gasteiger partial charge in [0.1, 0.15) is 11.5 Å². The molecule has 1 aliphatic rings. The van der Waals surface area contributed by atoms with E-state index in [0.717, 1.165) is 39.3 Å². The van der Waals surface area contributed by atoms with Crippen molar-refractivity contribution in [3.05, 3.63) is 29.6 Å². The van der Waals surface area contributed by atoms with Crippen molar-refractivity contribution in [1.82, 2.24) is 14.8 Å². The third-order valence-corrected chi connectivity index (χ3v) is 3.42. The second-order valence-corrected chi connectivity index (χ2v) is 4.67. The first-order valence-corrected chi connectivity index (χ1v) is 6.43. The number of nitrogens with one attached hydrogen (secondary N) is 1. The average Bonchev–Trinajstić information content (AvgIpc) is 2.40. The summed E-state index contributed by atoms with van der Waals surface area (Å²) < 4.78 is 0. The smallest absolute Gasteiger partial charge is 0.141 e. The zero-order valence-corrected chi connectivity index (χ0v) is 10.9. The molecule has 1 aromatic heterocycles. The van der Waals surface area contributed by atoms with Crippen molar-refractivity contribution in [2.75, 3.05) is 32.7 Å². The molecule has 1 fully saturated rings. The monoisotopic (exact) mass is 247 g/mol. The lowest BCUT2D eigenvalue weighted by Gasteiger charge is -2.34. The third kappa shape index (κ3) is 3.27. The van der Waals surface area contributed by atoms with Crippen LogP contribution in [-0.2, 0) is 6.54 Å². The van der Waals surface area contributed by atoms with E-state index >= 15 is 0 Å². The van der Waals surface area contributed by atoms with Crippen molar-refractivity contribution in [2.45, 2.75) is 13.5 Å². The minimum atomic E-state index is 0.0349. The molecule has 0 aromatic carbocycles. The van der Waals surface area contributed by atoms with Crippen LogP contribution in [0.2, 0.25) is 0 Å². The Balaban J connectivity index is 1.94. The molecule has 2 rings (SSSR count). The zero-order valence-electron chi connectivity index (χ0n) is 10.9. The summed E-state index contributed by atoms with van der Waals surface area (Å²) in [5.74, 6) is 0.0349. The summed E-state index contributed by atoms with van der Waals surface area (Å²) in [7, 11) is 0. The standard InChI is InChI=1S/C13H21N5/c1-2-17-5-7-18(8-6-17)10-11-3-4-16-12(9-11)13(14)15/h3-4,9H,2,5-8,10H2,1H3,(H3,14,15). The quantitative estimate of drug-likeness (QED) is 0.600. The molecule has 0 aliphatic carbocycles. The minimum absolute atomic E-state index is 0.0349. The first-order valence-electron chi connectivity index (χ1n) is 6.43. The fraction of sp³-hybridized carbons (Fsp3) is 0.538. The van der Waals surface area contributed by atoms with Crippen LogP contribution in [0, 0.1) is 5.41 Å². The Morgan fingerprint density at radius 2 is 2.00 bits per heavy atom. The fourth-order valence-corrected chi connectivity index (χ4v) is 2.24. The summed E-state index contributed by atoms with van der Waals surface area (Å²) in [6, 6.07) is 3.91. The molecule has 0 bridgehead atoms. The van der Waals surface area contributed by atoms with E-state index in [4.69, 9.17) is 11.1 Å². The highest BCUT2D eigenvalue weighted by Gasteiger charge is 2.15. The number of hydrogen-bond acceptors (Lipinski definition) is 4. The highest BCUT2D eigenvalue weighted by Crippen LogP contribution is 2.09. The summed E-state index contributed by atoms with van der Waals surface area (Å²) in [5.41, 5.74) is 7.20. The van der Waals surface area contributed by atoms with Gasteiger partial charge in [0.25, 0.3) is 0 Å². The van der Waals surface area contributed by atoms with Gasteiger partial charge in [-0.2, -0.15) is 0 Å². The van der Waals surface area contributed by atoms with Gasteiger partial charge in [-0.05, 0) is 24.2 Å². The van der Waals surface area contributed by atoms with E-state index in [1.165, 1.54) is 5.56 Å². The van der Waals surface area contributed by atoms with E-state index in [9.17, 15) is 0 Å². The zero-order chi connectivity index (χ0) is 13.0. The lowest BCUT2D eigenvalue weighted by Crippen LogP contribution is -2.45. The average molecular weight is 247 g/mol. The molecule has 0 amide bonds. The Kier molecular flexibility index (Phi) is 4.28. The van der Waals surface area contributed by atoms with Crippen LogP contribution in [0.3, 0.4) is 0 Å². The number of aromatic nitrogens is 1. The van der Waals surface area contributed by atoms with E-state index < -0.39 is 0 Å². The summed E-state index contributed by atoms with van der Waals surface area (Å²) in [6.07, 6.45) is 1.73. The Bertz CT molecular complexity index is 410. The van der Waals surface area contributed by atoms with E-state index in [2.05, 4.69) is 21.7 Å². The van der Waals surface area contributed by atoms with Crippen LogP contribution in [0.1, 0.15) is 18.2 Å². The van der Waals surface area contributed by atoms with Crippen LogP contribution >= 0.6 is 0 Å². The molecule has 18 heavy (non-hydrogen) atoms. The summed E-state index contributed by atoms with van der Waals surface area (Å²) >= 11 is 0. The Morgan fingerprint density at radius 1 is 1.33 bits per heavy atom. The molecular formula is C13H21N5. The number of likely N-dealkylation sites (N-methyl/N-ethyl adjacent to an activating group) is 1. The van der Waals surface area contributed by atoms with Crippen LogP contribution in [-0.4, -0.2) is 53.3 Å². The topological polar surface area (TPSA) is 69.2 Å². The van der Waals surface area contributed by atoms with Crippen LogP contribution in [0.25, 0.3) is 0 Å². The molecule has 3 N–H and O–H groups in total. The molecule has 0 unspecified atom stereocenters. The highest BCUT2D eigenvalue weighted by atomic mass is 15.3. The maximum absolute atomic E-state index is 7.40. The number of nitrogen functional groups attached to an aromatic ring is 1. The van der Waals surface area contributed by atoms with E-state index in [0.29, 0.717) is 5.69 Å². The molecule has 1 aliphatic heterocycles. The maximum atomic E-state index is 7.40. The van der Waals surface area contributed by atoms with E-state index in [-0.39, 0.29) is 5.84 Å². The van der Waals surface area contributed by atoms with Crippen molar-refractivity contribution < 1.29 is 0 Å². The van der Waals surface area contributed by atoms with Crippen LogP contribution in [0.4, 0.5) is 0 Å². The number of rotatable bonds is 4. The van der Waals surface area contributed by atoms with Gasteiger partial charge in [0.05, 0.1) is 0 Å². The fourth-order valence-electron chi connectivity index (χ4n) is 2.24. The number of hydrogen-bond donors (Lipinski definition) is 2. The predicted octanol–water partition coefficient (Wildman–Crippen LogP) is 0.503. The molecule has 5 heteroatoms. The molecule has 0 saturated carbocycles. The summed E-state index contributed by atoms with van der Waals surface area (Å²) in [6.45, 7) is 8.75. The molecule has 1 aromatic rings. The molecule has 98 valence electrons. The number of nitrogens with zero attached hydrogens (tertiary/aromatic N) is 3. The number of pyridine rings is 1. The molecular weight excluding hydrogens is 226 g/mol. The number of amidine groups is 1. The molecule has 1 saturated heterocycles. The lowest BCUT2D eigenvalue weighted by molar-refractivity contribution is 0.132. The van der Waals surface area contributed by atoms with Gasteiger partial charge >= 0.3 is 0 Å². The van der Waals surface area contributed by atoms with Gasteiger partial charge in [-0.3, -0.25) is 15.3 Å². The SMILES string of the molecule is CCN1CCN(Cc2ccnc(C(=N)N)c2)CC1. The lowest BCUT2D eigenvalue weighted by atomic mass is 10.2. The van der Waals surface area contributed by atoms with Crippen molar-refractivity contribution in [3.8, 4) is 0 Å². The number of nitrogens with two attached hydrogens (primary N) is 1. The molecule has 2 heterocycles. The Hall–Kier alpha value is -1.46. The van der Waals surface area contributed by atoms with E-state index in [1.807, 2.05) is 12.1 Å². The molecule has 0 atom stereocenters. The molecule has 0 spiro atoms. The minimum Gasteiger partial charge on any atom is -0.382 e. The van der Waals surface area contributed by atoms with Crippen molar-refractivity contribution in [2.24, 2.45) is 5.73 Å². The van der Waals surface area contributed by atoms with Crippen LogP contribution < -0.4 is 5.73 Å². The normalized spacial score (nSPS) is 17.8. The Labute approximate surface area is 108 Å². The summed E-state index contributed by atoms with van der Waals surface area (Å²) in [4.78, 5) is 8.98. The second kappa shape index (κ2) is 5.93. The molecule has 0 radical (unpaired) electrons. The molecule has 5 nitrogen and oxygen atoms in total. The first kappa shape index (κ1) is 13.0. The first-order chi connectivity index (χ1) is 8.69. The van der Waals surface area contributed by atoms with Crippen molar-refractivity contribution >= 4 is 5.84 Å². The van der Waals surface area contributed by atoms with Gasteiger partial charge in [-0.25, -0.2) is 0 Å². The second-order valence-electron chi connectivity index (χ2n) is 4.67. The summed E-state index contributed by atoms with van der Waals surface area (Å²) in [5, 5.41) is 7.40. The van der Waals surface area contributed by atoms with Crippen LogP contribution in [0.5, 0.6) is 0 Å². The third-order valence-electron chi connectivity index (χ3n) is 3.42. The van der Waals surface area contributed by atoms with E-state index in [1.54, 1.807) is 6.20 Å². The maximum Gasteiger partial charge on any atom is 0.141 e. The van der Waals surface area contributed by atoms with Gasteiger partial charge in [-0.15, -0.1) is 0 Å². The Morgan fingerprint density at radius 3 is 2.61 bits per heavy atom. The van der Waals surface area contributed by atoms with Gasteiger partial charge in [0.2, 0.25) is 0 Å². The van der Waals surface area contributed by atoms with Gasteiger partial charge in [0, 0.05) is 38.9 Å². The highest BCUT2D eigenvalue weighted by molar-refractivity contribution is 5.93. The van der Waals surface area contributed by atoms with Gasteiger partial charge in [-0.1, -0.05) is 6.92 Å². The van der Waals surface area contributed by atoms with Crippen molar-refractivity contribution in [1.29, 1.82) is 5.41 Å². The van der Waals surface area contributed by atoms with Gasteiger partial charge < -0.3 is 10.6 Å².